The number of aliphatic hydroxyl groups is 2. The van der Waals surface area contributed by atoms with Gasteiger partial charge in [0.15, 0.2) is 5.70 Å². The normalized spacial score (nSPS) is 25.2. The topological polar surface area (TPSA) is 129 Å². The molecular formula is C13H16N4O5. The lowest BCUT2D eigenvalue weighted by Gasteiger charge is -2.44. The van der Waals surface area contributed by atoms with E-state index in [9.17, 15) is 19.8 Å². The van der Waals surface area contributed by atoms with Gasteiger partial charge < -0.3 is 15.3 Å². The van der Waals surface area contributed by atoms with Crippen LogP contribution in [0.3, 0.4) is 0 Å². The van der Waals surface area contributed by atoms with Gasteiger partial charge >= 0.3 is 5.97 Å². The first kappa shape index (κ1) is 14.7. The number of carboxylic acids is 1. The quantitative estimate of drug-likeness (QED) is 0.575. The number of aromatic nitrogens is 3. The average molecular weight is 308 g/mol. The van der Waals surface area contributed by atoms with E-state index in [1.807, 2.05) is 0 Å². The second-order valence-corrected chi connectivity index (χ2v) is 5.47. The van der Waals surface area contributed by atoms with Crippen molar-refractivity contribution in [2.24, 2.45) is 5.92 Å². The third-order valence-electron chi connectivity index (χ3n) is 4.09. The number of hydrogen-bond acceptors (Lipinski definition) is 6. The van der Waals surface area contributed by atoms with Crippen LogP contribution in [0.25, 0.3) is 5.70 Å². The molecule has 1 aromatic rings. The summed E-state index contributed by atoms with van der Waals surface area (Å²) in [5, 5.41) is 35.7. The van der Waals surface area contributed by atoms with Crippen molar-refractivity contribution in [2.45, 2.75) is 31.9 Å². The minimum atomic E-state index is -1.21. The van der Waals surface area contributed by atoms with Crippen molar-refractivity contribution in [1.29, 1.82) is 0 Å². The zero-order chi connectivity index (χ0) is 16.0. The Morgan fingerprint density at radius 1 is 1.55 bits per heavy atom. The van der Waals surface area contributed by atoms with Crippen molar-refractivity contribution in [1.82, 2.24) is 19.9 Å². The van der Waals surface area contributed by atoms with Crippen LogP contribution in [0.2, 0.25) is 0 Å². The zero-order valence-corrected chi connectivity index (χ0v) is 11.9. The third kappa shape index (κ3) is 2.01. The van der Waals surface area contributed by atoms with Gasteiger partial charge in [-0.3, -0.25) is 9.69 Å². The Morgan fingerprint density at radius 3 is 2.86 bits per heavy atom. The zero-order valence-electron chi connectivity index (χ0n) is 11.9. The molecule has 0 bridgehead atoms. The van der Waals surface area contributed by atoms with Crippen molar-refractivity contribution >= 4 is 17.6 Å². The van der Waals surface area contributed by atoms with Crippen molar-refractivity contribution in [2.75, 3.05) is 6.61 Å². The molecule has 1 fully saturated rings. The summed E-state index contributed by atoms with van der Waals surface area (Å²) in [4.78, 5) is 24.8. The lowest BCUT2D eigenvalue weighted by molar-refractivity contribution is -0.161. The molecule has 0 radical (unpaired) electrons. The number of aliphatic hydroxyl groups excluding tert-OH is 2. The molecule has 3 atom stereocenters. The van der Waals surface area contributed by atoms with E-state index in [-0.39, 0.29) is 24.3 Å². The monoisotopic (exact) mass is 308 g/mol. The molecule has 3 N–H and O–H groups in total. The minimum Gasteiger partial charge on any atom is -0.477 e. The van der Waals surface area contributed by atoms with Crippen LogP contribution in [0.4, 0.5) is 0 Å². The molecule has 9 nitrogen and oxygen atoms in total. The number of aliphatic carboxylic acids is 1. The van der Waals surface area contributed by atoms with E-state index < -0.39 is 18.0 Å². The first-order valence-electron chi connectivity index (χ1n) is 6.95. The van der Waals surface area contributed by atoms with Crippen LogP contribution in [0.15, 0.2) is 11.9 Å². The summed E-state index contributed by atoms with van der Waals surface area (Å²) >= 11 is 0. The smallest absolute Gasteiger partial charge is 0.354 e. The molecule has 1 amide bonds. The fourth-order valence-electron chi connectivity index (χ4n) is 3.11. The van der Waals surface area contributed by atoms with Gasteiger partial charge in [0.1, 0.15) is 0 Å². The van der Waals surface area contributed by atoms with Crippen LogP contribution in [0.1, 0.15) is 19.0 Å². The van der Waals surface area contributed by atoms with Gasteiger partial charge in [0, 0.05) is 19.4 Å². The van der Waals surface area contributed by atoms with Gasteiger partial charge in [0.2, 0.25) is 5.91 Å². The summed E-state index contributed by atoms with van der Waals surface area (Å²) in [5.41, 5.74) is 0.783. The van der Waals surface area contributed by atoms with E-state index in [4.69, 9.17) is 5.11 Å². The van der Waals surface area contributed by atoms with Gasteiger partial charge in [0.25, 0.3) is 0 Å². The molecule has 0 saturated carbocycles. The van der Waals surface area contributed by atoms with Crippen molar-refractivity contribution < 1.29 is 24.9 Å². The molecule has 0 aliphatic carbocycles. The SMILES string of the molecule is C[C@@H](O)[C@H]1C(=O)N2C(C(=O)O)=C(n3cc(CCO)nn3)C[C@H]12. The standard InChI is InChI=1S/C13H16N4O5/c1-6(19)10-8-4-9(11(13(21)22)17(8)12(10)20)16-5-7(2-3-18)14-15-16/h5-6,8,10,18-19H,2-4H2,1H3,(H,21,22)/t6-,8-,10-/m1/s1. The highest BCUT2D eigenvalue weighted by Crippen LogP contribution is 2.44. The summed E-state index contributed by atoms with van der Waals surface area (Å²) in [7, 11) is 0. The second-order valence-electron chi connectivity index (χ2n) is 5.47. The molecule has 0 aromatic carbocycles. The molecule has 0 unspecified atom stereocenters. The maximum absolute atomic E-state index is 12.1. The summed E-state index contributed by atoms with van der Waals surface area (Å²) in [5.74, 6) is -2.19. The summed E-state index contributed by atoms with van der Waals surface area (Å²) in [6.07, 6.45) is 1.33. The maximum atomic E-state index is 12.1. The molecule has 118 valence electrons. The fourth-order valence-corrected chi connectivity index (χ4v) is 3.11. The second kappa shape index (κ2) is 5.18. The van der Waals surface area contributed by atoms with Gasteiger partial charge in [-0.1, -0.05) is 5.21 Å². The number of hydrogen-bond donors (Lipinski definition) is 3. The van der Waals surface area contributed by atoms with E-state index in [2.05, 4.69) is 10.3 Å². The molecular weight excluding hydrogens is 292 g/mol. The summed E-state index contributed by atoms with van der Waals surface area (Å²) in [6.45, 7) is 1.44. The van der Waals surface area contributed by atoms with Crippen LogP contribution in [-0.2, 0) is 16.0 Å². The van der Waals surface area contributed by atoms with Crippen LogP contribution < -0.4 is 0 Å². The third-order valence-corrected chi connectivity index (χ3v) is 4.09. The lowest BCUT2D eigenvalue weighted by Crippen LogP contribution is -2.61. The Bertz CT molecular complexity index is 665. The summed E-state index contributed by atoms with van der Waals surface area (Å²) < 4.78 is 1.33. The van der Waals surface area contributed by atoms with Gasteiger partial charge in [-0.15, -0.1) is 5.10 Å². The van der Waals surface area contributed by atoms with Crippen molar-refractivity contribution in [3.05, 3.63) is 17.6 Å². The summed E-state index contributed by atoms with van der Waals surface area (Å²) in [6, 6.07) is -0.362. The van der Waals surface area contributed by atoms with Crippen LogP contribution in [0.5, 0.6) is 0 Å². The Kier molecular flexibility index (Phi) is 3.45. The fraction of sp³-hybridized carbons (Fsp3) is 0.538. The molecule has 1 aromatic heterocycles. The molecule has 1 saturated heterocycles. The number of fused-ring (bicyclic) bond motifs is 1. The van der Waals surface area contributed by atoms with Crippen LogP contribution in [-0.4, -0.2) is 65.8 Å². The number of rotatable bonds is 5. The molecule has 9 heteroatoms. The molecule has 2 aliphatic rings. The highest BCUT2D eigenvalue weighted by molar-refractivity contribution is 6.03. The van der Waals surface area contributed by atoms with Crippen molar-refractivity contribution in [3.8, 4) is 0 Å². The molecule has 3 rings (SSSR count). The van der Waals surface area contributed by atoms with Crippen LogP contribution >= 0.6 is 0 Å². The number of nitrogens with zero attached hydrogens (tertiary/aromatic N) is 4. The van der Waals surface area contributed by atoms with E-state index >= 15 is 0 Å². The first-order valence-corrected chi connectivity index (χ1v) is 6.95. The van der Waals surface area contributed by atoms with Crippen LogP contribution in [0, 0.1) is 5.92 Å². The minimum absolute atomic E-state index is 0.0825. The average Bonchev–Trinajstić information content (AvgIpc) is 3.00. The van der Waals surface area contributed by atoms with Gasteiger partial charge in [0.05, 0.1) is 35.7 Å². The highest BCUT2D eigenvalue weighted by atomic mass is 16.4. The molecule has 3 heterocycles. The predicted molar refractivity (Wildman–Crippen MR) is 72.1 cm³/mol. The number of carboxylic acid groups (broad SMARTS) is 1. The molecule has 0 spiro atoms. The Labute approximate surface area is 125 Å². The van der Waals surface area contributed by atoms with Gasteiger partial charge in [-0.25, -0.2) is 9.48 Å². The molecule has 2 aliphatic heterocycles. The number of carbonyl (C=O) groups excluding carboxylic acids is 1. The van der Waals surface area contributed by atoms with E-state index in [0.29, 0.717) is 24.2 Å². The number of β-lactam (4-membered cyclic amide) rings is 1. The first-order chi connectivity index (χ1) is 10.5. The highest BCUT2D eigenvalue weighted by Gasteiger charge is 2.57. The lowest BCUT2D eigenvalue weighted by atomic mass is 9.83. The Hall–Kier alpha value is -2.26. The van der Waals surface area contributed by atoms with E-state index in [1.54, 1.807) is 6.20 Å². The number of amides is 1. The predicted octanol–water partition coefficient (Wildman–Crippen LogP) is -1.32. The maximum Gasteiger partial charge on any atom is 0.354 e. The Morgan fingerprint density at radius 2 is 2.27 bits per heavy atom. The van der Waals surface area contributed by atoms with Gasteiger partial charge in [-0.2, -0.15) is 0 Å². The molecule has 22 heavy (non-hydrogen) atoms. The Balaban J connectivity index is 1.96. The van der Waals surface area contributed by atoms with E-state index in [1.165, 1.54) is 16.5 Å². The van der Waals surface area contributed by atoms with E-state index in [0.717, 1.165) is 0 Å². The van der Waals surface area contributed by atoms with Crippen molar-refractivity contribution in [3.63, 3.8) is 0 Å². The largest absolute Gasteiger partial charge is 0.477 e. The van der Waals surface area contributed by atoms with Gasteiger partial charge in [-0.05, 0) is 6.92 Å². The number of carbonyl (C=O) groups is 2.